The molecule has 1 heterocycles. The van der Waals surface area contributed by atoms with Crippen molar-refractivity contribution in [3.05, 3.63) is 71.4 Å². The Labute approximate surface area is 134 Å². The van der Waals surface area contributed by atoms with Crippen molar-refractivity contribution in [3.63, 3.8) is 0 Å². The van der Waals surface area contributed by atoms with E-state index in [1.54, 1.807) is 0 Å². The monoisotopic (exact) mass is 319 g/mol. The molecule has 0 unspecified atom stereocenters. The van der Waals surface area contributed by atoms with Crippen LogP contribution in [0.25, 0.3) is 16.9 Å². The molecule has 0 aliphatic heterocycles. The minimum atomic E-state index is 0. The maximum Gasteiger partial charge on any atom is 0.0987 e. The molecule has 0 radical (unpaired) electrons. The maximum atomic E-state index is 6.25. The van der Waals surface area contributed by atoms with Crippen molar-refractivity contribution in [3.8, 4) is 16.9 Å². The molecule has 0 fully saturated rings. The molecule has 108 valence electrons. The summed E-state index contributed by atoms with van der Waals surface area (Å²) in [5.74, 6) is 0. The Morgan fingerprint density at radius 1 is 1.00 bits per heavy atom. The Morgan fingerprint density at radius 3 is 2.33 bits per heavy atom. The lowest BCUT2D eigenvalue weighted by molar-refractivity contribution is 0.883. The Hall–Kier alpha value is -1.81. The van der Waals surface area contributed by atoms with Crippen LogP contribution in [-0.4, -0.2) is 9.78 Å². The van der Waals surface area contributed by atoms with Gasteiger partial charge < -0.3 is 5.73 Å². The normalized spacial score (nSPS) is 10.2. The summed E-state index contributed by atoms with van der Waals surface area (Å²) >= 11 is 6.25. The van der Waals surface area contributed by atoms with Crippen molar-refractivity contribution in [1.82, 2.24) is 9.78 Å². The summed E-state index contributed by atoms with van der Waals surface area (Å²) in [7, 11) is 0. The molecule has 0 bridgehead atoms. The van der Waals surface area contributed by atoms with Gasteiger partial charge in [-0.1, -0.05) is 48.0 Å². The zero-order valence-corrected chi connectivity index (χ0v) is 12.8. The second-order valence-electron chi connectivity index (χ2n) is 4.47. The summed E-state index contributed by atoms with van der Waals surface area (Å²) in [6.45, 7) is 0.424. The number of halogens is 2. The molecular weight excluding hydrogens is 305 g/mol. The van der Waals surface area contributed by atoms with E-state index in [0.29, 0.717) is 11.6 Å². The van der Waals surface area contributed by atoms with Crippen LogP contribution in [0, 0.1) is 0 Å². The third-order valence-corrected chi connectivity index (χ3v) is 3.49. The Balaban J connectivity index is 0.00000161. The lowest BCUT2D eigenvalue weighted by Crippen LogP contribution is -1.96. The number of hydrogen-bond acceptors (Lipinski definition) is 2. The predicted octanol–water partition coefficient (Wildman–Crippen LogP) is 4.07. The number of benzene rings is 2. The minimum Gasteiger partial charge on any atom is -0.326 e. The Kier molecular flexibility index (Phi) is 5.02. The van der Waals surface area contributed by atoms with Gasteiger partial charge in [-0.05, 0) is 18.2 Å². The van der Waals surface area contributed by atoms with E-state index in [-0.39, 0.29) is 12.4 Å². The van der Waals surface area contributed by atoms with Crippen molar-refractivity contribution in [2.24, 2.45) is 5.73 Å². The molecule has 0 spiro atoms. The molecule has 0 aliphatic rings. The average Bonchev–Trinajstić information content (AvgIpc) is 2.93. The molecule has 5 heteroatoms. The second-order valence-corrected chi connectivity index (χ2v) is 4.87. The summed E-state index contributed by atoms with van der Waals surface area (Å²) in [6.07, 6.45) is 1.95. The van der Waals surface area contributed by atoms with Crippen LogP contribution in [0.2, 0.25) is 5.02 Å². The van der Waals surface area contributed by atoms with E-state index in [2.05, 4.69) is 5.10 Å². The topological polar surface area (TPSA) is 43.8 Å². The summed E-state index contributed by atoms with van der Waals surface area (Å²) in [6, 6.07) is 17.6. The van der Waals surface area contributed by atoms with Crippen LogP contribution >= 0.6 is 24.0 Å². The Morgan fingerprint density at radius 2 is 1.67 bits per heavy atom. The highest BCUT2D eigenvalue weighted by atomic mass is 35.5. The summed E-state index contributed by atoms with van der Waals surface area (Å²) in [5.41, 5.74) is 9.55. The molecule has 3 aromatic rings. The van der Waals surface area contributed by atoms with Crippen molar-refractivity contribution in [2.75, 3.05) is 0 Å². The van der Waals surface area contributed by atoms with Crippen molar-refractivity contribution in [2.45, 2.75) is 6.54 Å². The first kappa shape index (κ1) is 15.6. The molecule has 1 aromatic heterocycles. The molecule has 2 aromatic carbocycles. The number of aromatic nitrogens is 2. The number of rotatable bonds is 3. The molecule has 0 amide bonds. The lowest BCUT2D eigenvalue weighted by atomic mass is 10.1. The zero-order valence-electron chi connectivity index (χ0n) is 11.2. The first-order chi connectivity index (χ1) is 9.79. The molecule has 0 saturated carbocycles. The first-order valence-corrected chi connectivity index (χ1v) is 6.76. The molecule has 21 heavy (non-hydrogen) atoms. The fraction of sp³-hybridized carbons (Fsp3) is 0.0625. The number of hydrogen-bond donors (Lipinski definition) is 1. The van der Waals surface area contributed by atoms with E-state index in [1.165, 1.54) is 0 Å². The molecular formula is C16H15Cl2N3. The van der Waals surface area contributed by atoms with Gasteiger partial charge in [0.1, 0.15) is 0 Å². The summed E-state index contributed by atoms with van der Waals surface area (Å²) in [5, 5.41) is 5.32. The predicted molar refractivity (Wildman–Crippen MR) is 89.1 cm³/mol. The third-order valence-electron chi connectivity index (χ3n) is 3.16. The van der Waals surface area contributed by atoms with Gasteiger partial charge in [0.15, 0.2) is 0 Å². The van der Waals surface area contributed by atoms with Gasteiger partial charge in [-0.25, -0.2) is 4.68 Å². The Bertz CT molecular complexity index is 723. The van der Waals surface area contributed by atoms with E-state index in [9.17, 15) is 0 Å². The smallest absolute Gasteiger partial charge is 0.0987 e. The largest absolute Gasteiger partial charge is 0.326 e. The van der Waals surface area contributed by atoms with Crippen LogP contribution < -0.4 is 5.73 Å². The van der Waals surface area contributed by atoms with Gasteiger partial charge in [-0.3, -0.25) is 0 Å². The standard InChI is InChI=1S/C16H14ClN3.ClH/c17-15-9-5-4-8-14(15)16-12(10-18)11-20(19-16)13-6-2-1-3-7-13;/h1-9,11H,10,18H2;1H. The van der Waals surface area contributed by atoms with E-state index in [0.717, 1.165) is 22.5 Å². The zero-order chi connectivity index (χ0) is 13.9. The van der Waals surface area contributed by atoms with Crippen LogP contribution in [0.1, 0.15) is 5.56 Å². The number of para-hydroxylation sites is 1. The van der Waals surface area contributed by atoms with Crippen molar-refractivity contribution in [1.29, 1.82) is 0 Å². The summed E-state index contributed by atoms with van der Waals surface area (Å²) in [4.78, 5) is 0. The van der Waals surface area contributed by atoms with Crippen LogP contribution in [-0.2, 0) is 6.54 Å². The van der Waals surface area contributed by atoms with E-state index >= 15 is 0 Å². The van der Waals surface area contributed by atoms with Gasteiger partial charge in [0.25, 0.3) is 0 Å². The van der Waals surface area contributed by atoms with Crippen LogP contribution in [0.3, 0.4) is 0 Å². The second kappa shape index (κ2) is 6.76. The van der Waals surface area contributed by atoms with E-state index in [4.69, 9.17) is 17.3 Å². The molecule has 0 saturated heterocycles. The van der Waals surface area contributed by atoms with Gasteiger partial charge >= 0.3 is 0 Å². The van der Waals surface area contributed by atoms with Crippen LogP contribution in [0.4, 0.5) is 0 Å². The fourth-order valence-electron chi connectivity index (χ4n) is 2.15. The fourth-order valence-corrected chi connectivity index (χ4v) is 2.38. The van der Waals surface area contributed by atoms with Gasteiger partial charge in [0.05, 0.1) is 16.4 Å². The quantitative estimate of drug-likeness (QED) is 0.790. The van der Waals surface area contributed by atoms with Gasteiger partial charge in [0.2, 0.25) is 0 Å². The SMILES string of the molecule is Cl.NCc1cn(-c2ccccc2)nc1-c1ccccc1Cl. The van der Waals surface area contributed by atoms with Gasteiger partial charge in [-0.15, -0.1) is 12.4 Å². The average molecular weight is 320 g/mol. The highest BCUT2D eigenvalue weighted by Crippen LogP contribution is 2.29. The summed E-state index contributed by atoms with van der Waals surface area (Å²) < 4.78 is 1.83. The number of nitrogens with two attached hydrogens (primary N) is 1. The molecule has 0 atom stereocenters. The first-order valence-electron chi connectivity index (χ1n) is 6.38. The van der Waals surface area contributed by atoms with E-state index in [1.807, 2.05) is 65.5 Å². The van der Waals surface area contributed by atoms with Crippen molar-refractivity contribution < 1.29 is 0 Å². The molecule has 2 N–H and O–H groups in total. The third kappa shape index (κ3) is 3.10. The van der Waals surface area contributed by atoms with Crippen molar-refractivity contribution >= 4 is 24.0 Å². The molecule has 3 rings (SSSR count). The van der Waals surface area contributed by atoms with Gasteiger partial charge in [-0.2, -0.15) is 5.10 Å². The number of nitrogens with zero attached hydrogens (tertiary/aromatic N) is 2. The highest BCUT2D eigenvalue weighted by Gasteiger charge is 2.13. The minimum absolute atomic E-state index is 0. The van der Waals surface area contributed by atoms with E-state index < -0.39 is 0 Å². The highest BCUT2D eigenvalue weighted by molar-refractivity contribution is 6.33. The van der Waals surface area contributed by atoms with Crippen LogP contribution in [0.15, 0.2) is 60.8 Å². The maximum absolute atomic E-state index is 6.25. The molecule has 0 aliphatic carbocycles. The van der Waals surface area contributed by atoms with Crippen LogP contribution in [0.5, 0.6) is 0 Å². The molecule has 3 nitrogen and oxygen atoms in total. The lowest BCUT2D eigenvalue weighted by Gasteiger charge is -2.02. The van der Waals surface area contributed by atoms with Gasteiger partial charge in [0, 0.05) is 23.9 Å².